The molecule has 1 unspecified atom stereocenters. The Bertz CT molecular complexity index is 1280. The van der Waals surface area contributed by atoms with E-state index in [1.807, 2.05) is 76.6 Å². The molecule has 6 nitrogen and oxygen atoms in total. The molecule has 0 amide bonds. The van der Waals surface area contributed by atoms with Crippen LogP contribution in [-0.2, 0) is 4.74 Å². The number of ether oxygens (including phenoxy) is 1. The number of allylic oxidation sites excluding steroid dienone is 5. The Morgan fingerprint density at radius 3 is 2.30 bits per heavy atom. The number of benzene rings is 1. The molecule has 0 saturated heterocycles. The fourth-order valence-corrected chi connectivity index (χ4v) is 4.39. The molecule has 0 bridgehead atoms. The summed E-state index contributed by atoms with van der Waals surface area (Å²) in [5.74, 6) is 1.50. The van der Waals surface area contributed by atoms with Gasteiger partial charge in [-0.25, -0.2) is 4.98 Å². The largest absolute Gasteiger partial charge is 0.445 e. The van der Waals surface area contributed by atoms with Crippen LogP contribution in [0.25, 0.3) is 17.1 Å². The van der Waals surface area contributed by atoms with Gasteiger partial charge >= 0.3 is 0 Å². The molecule has 0 aliphatic carbocycles. The maximum atomic E-state index is 9.92. The van der Waals surface area contributed by atoms with Crippen molar-refractivity contribution < 1.29 is 4.74 Å². The van der Waals surface area contributed by atoms with Crippen molar-refractivity contribution in [2.45, 2.75) is 67.2 Å². The quantitative estimate of drug-likeness (QED) is 0.375. The number of aromatic nitrogens is 3. The number of nitrogens with two attached hydrogens (primary N) is 1. The smallest absolute Gasteiger partial charge is 0.205 e. The summed E-state index contributed by atoms with van der Waals surface area (Å²) in [6.45, 7) is 14.1. The van der Waals surface area contributed by atoms with E-state index < -0.39 is 0 Å². The number of hydrogen-bond acceptors (Lipinski definition) is 5. The highest BCUT2D eigenvalue weighted by Crippen LogP contribution is 2.43. The van der Waals surface area contributed by atoms with Crippen LogP contribution in [0, 0.1) is 11.3 Å². The highest BCUT2D eigenvalue weighted by molar-refractivity contribution is 5.59. The van der Waals surface area contributed by atoms with Gasteiger partial charge in [0.15, 0.2) is 0 Å². The predicted octanol–water partition coefficient (Wildman–Crippen LogP) is 7.81. The number of nitrogens with zero attached hydrogens (tertiary/aromatic N) is 4. The predicted molar refractivity (Wildman–Crippen MR) is 152 cm³/mol. The highest BCUT2D eigenvalue weighted by atomic mass is 16.5. The second-order valence-electron chi connectivity index (χ2n) is 7.91. The molecule has 3 heterocycles. The number of hydrogen-bond donors (Lipinski definition) is 1. The van der Waals surface area contributed by atoms with E-state index in [1.54, 1.807) is 18.6 Å². The van der Waals surface area contributed by atoms with Crippen molar-refractivity contribution >= 4 is 0 Å². The fourth-order valence-electron chi connectivity index (χ4n) is 4.39. The first-order valence-electron chi connectivity index (χ1n) is 13.1. The molecule has 2 aromatic heterocycles. The van der Waals surface area contributed by atoms with E-state index in [2.05, 4.69) is 41.2 Å². The Hall–Kier alpha value is -4.11. The molecule has 1 atom stereocenters. The van der Waals surface area contributed by atoms with Gasteiger partial charge in [0, 0.05) is 41.6 Å². The van der Waals surface area contributed by atoms with Gasteiger partial charge in [-0.2, -0.15) is 5.26 Å². The first-order chi connectivity index (χ1) is 18.1. The van der Waals surface area contributed by atoms with Crippen LogP contribution >= 0.6 is 0 Å². The third-order valence-electron chi connectivity index (χ3n) is 5.90. The van der Waals surface area contributed by atoms with Crippen LogP contribution in [-0.4, -0.2) is 14.5 Å². The van der Waals surface area contributed by atoms with Crippen molar-refractivity contribution in [3.8, 4) is 23.1 Å². The molecule has 2 N–H and O–H groups in total. The van der Waals surface area contributed by atoms with Crippen LogP contribution < -0.4 is 5.73 Å². The minimum Gasteiger partial charge on any atom is -0.445 e. The van der Waals surface area contributed by atoms with Gasteiger partial charge in [-0.15, -0.1) is 0 Å². The van der Waals surface area contributed by atoms with Crippen LogP contribution in [0.2, 0.25) is 0 Å². The van der Waals surface area contributed by atoms with Gasteiger partial charge in [-0.3, -0.25) is 9.55 Å². The lowest BCUT2D eigenvalue weighted by molar-refractivity contribution is 0.281. The average Bonchev–Trinajstić information content (AvgIpc) is 3.45. The van der Waals surface area contributed by atoms with Crippen molar-refractivity contribution in [3.05, 3.63) is 101 Å². The minimum absolute atomic E-state index is 0.175. The molecule has 37 heavy (non-hydrogen) atoms. The maximum absolute atomic E-state index is 9.92. The summed E-state index contributed by atoms with van der Waals surface area (Å²) in [4.78, 5) is 8.62. The number of imidazole rings is 1. The third-order valence-corrected chi connectivity index (χ3v) is 5.90. The average molecular weight is 498 g/mol. The molecule has 3 aromatic rings. The van der Waals surface area contributed by atoms with Gasteiger partial charge in [-0.05, 0) is 55.7 Å². The van der Waals surface area contributed by atoms with Crippen molar-refractivity contribution in [1.82, 2.24) is 14.5 Å². The van der Waals surface area contributed by atoms with E-state index in [1.165, 1.54) is 5.57 Å². The summed E-state index contributed by atoms with van der Waals surface area (Å²) >= 11 is 0. The lowest BCUT2D eigenvalue weighted by Gasteiger charge is -2.30. The van der Waals surface area contributed by atoms with Crippen molar-refractivity contribution in [2.24, 2.45) is 5.73 Å². The maximum Gasteiger partial charge on any atom is 0.205 e. The van der Waals surface area contributed by atoms with E-state index >= 15 is 0 Å². The molecular formula is C31H39N5O. The number of nitriles is 1. The molecule has 1 aliphatic heterocycles. The van der Waals surface area contributed by atoms with E-state index in [4.69, 9.17) is 10.5 Å². The van der Waals surface area contributed by atoms with E-state index in [0.29, 0.717) is 5.57 Å². The molecule has 0 saturated carbocycles. The first-order valence-corrected chi connectivity index (χ1v) is 13.1. The van der Waals surface area contributed by atoms with Crippen LogP contribution in [0.5, 0.6) is 0 Å². The lowest BCUT2D eigenvalue weighted by atomic mass is 9.78. The van der Waals surface area contributed by atoms with E-state index in [9.17, 15) is 5.26 Å². The van der Waals surface area contributed by atoms with Gasteiger partial charge in [0.25, 0.3) is 0 Å². The minimum atomic E-state index is -0.266. The molecule has 4 rings (SSSR count). The summed E-state index contributed by atoms with van der Waals surface area (Å²) in [5, 5.41) is 9.92. The standard InChI is InChI=1S/C27H27N5O.2C2H6/c1-4-6-19(5-2)24-18(3)33-26(29)23(17-28)25(24)20-7-9-22(10-8-20)32-16-15-31-27(32)21-11-13-30-14-12-21;2*1-2/h5,7-16,25H,4,6,29H2,1-3H3;2*1-2H3/b19-5-;;. The van der Waals surface area contributed by atoms with Gasteiger partial charge in [-0.1, -0.05) is 59.2 Å². The Morgan fingerprint density at radius 1 is 1.08 bits per heavy atom. The summed E-state index contributed by atoms with van der Waals surface area (Å²) < 4.78 is 7.82. The Kier molecular flexibility index (Phi) is 11.4. The highest BCUT2D eigenvalue weighted by Gasteiger charge is 2.32. The Balaban J connectivity index is 0.00000115. The zero-order valence-corrected chi connectivity index (χ0v) is 23.1. The first kappa shape index (κ1) is 29.1. The van der Waals surface area contributed by atoms with Crippen molar-refractivity contribution in [1.29, 1.82) is 5.26 Å². The summed E-state index contributed by atoms with van der Waals surface area (Å²) in [5.41, 5.74) is 11.8. The fraction of sp³-hybridized carbons (Fsp3) is 0.323. The molecule has 1 aliphatic rings. The van der Waals surface area contributed by atoms with Crippen LogP contribution in [0.15, 0.2) is 95.6 Å². The molecule has 6 heteroatoms. The molecular weight excluding hydrogens is 458 g/mol. The SMILES string of the molecule is C/C=C(/CCC)C1=C(C)OC(N)=C(C#N)C1c1ccc(-n2ccnc2-c2ccncc2)cc1.CC.CC. The second-order valence-corrected chi connectivity index (χ2v) is 7.91. The normalized spacial score (nSPS) is 15.1. The lowest BCUT2D eigenvalue weighted by Crippen LogP contribution is -2.21. The third kappa shape index (κ3) is 6.37. The topological polar surface area (TPSA) is 89.8 Å². The zero-order valence-electron chi connectivity index (χ0n) is 23.1. The number of rotatable bonds is 6. The van der Waals surface area contributed by atoms with Crippen LogP contribution in [0.3, 0.4) is 0 Å². The summed E-state index contributed by atoms with van der Waals surface area (Å²) in [7, 11) is 0. The van der Waals surface area contributed by atoms with Crippen molar-refractivity contribution in [3.63, 3.8) is 0 Å². The van der Waals surface area contributed by atoms with Gasteiger partial charge in [0.05, 0.1) is 5.92 Å². The second kappa shape index (κ2) is 14.4. The Labute approximate surface area is 221 Å². The molecule has 1 aromatic carbocycles. The van der Waals surface area contributed by atoms with Crippen LogP contribution in [0.4, 0.5) is 0 Å². The van der Waals surface area contributed by atoms with Crippen molar-refractivity contribution in [2.75, 3.05) is 0 Å². The summed E-state index contributed by atoms with van der Waals surface area (Å²) in [6.07, 6.45) is 11.3. The molecule has 0 fully saturated rings. The molecule has 0 spiro atoms. The Morgan fingerprint density at radius 2 is 1.73 bits per heavy atom. The summed E-state index contributed by atoms with van der Waals surface area (Å²) in [6, 6.07) is 14.4. The molecule has 0 radical (unpaired) electrons. The zero-order chi connectivity index (χ0) is 27.4. The number of pyridine rings is 1. The van der Waals surface area contributed by atoms with Crippen LogP contribution in [0.1, 0.15) is 72.8 Å². The van der Waals surface area contributed by atoms with E-state index in [-0.39, 0.29) is 11.8 Å². The van der Waals surface area contributed by atoms with Gasteiger partial charge in [0.2, 0.25) is 5.88 Å². The van der Waals surface area contributed by atoms with E-state index in [0.717, 1.165) is 46.8 Å². The monoisotopic (exact) mass is 497 g/mol. The molecule has 194 valence electrons. The van der Waals surface area contributed by atoms with Gasteiger partial charge in [0.1, 0.15) is 23.2 Å². The van der Waals surface area contributed by atoms with Gasteiger partial charge < -0.3 is 10.5 Å².